The Morgan fingerprint density at radius 3 is 2.91 bits per heavy atom. The van der Waals surface area contributed by atoms with Crippen molar-refractivity contribution in [2.45, 2.75) is 37.0 Å². The summed E-state index contributed by atoms with van der Waals surface area (Å²) in [4.78, 5) is 27.8. The largest absolute Gasteiger partial charge is 0.464 e. The highest BCUT2D eigenvalue weighted by Crippen LogP contribution is 2.36. The first-order valence-corrected chi connectivity index (χ1v) is 13.3. The van der Waals surface area contributed by atoms with Gasteiger partial charge in [-0.3, -0.25) is 14.5 Å². The Labute approximate surface area is 205 Å². The number of unbranched alkanes of at least 4 members (excludes halogenated alkanes) is 1. The summed E-state index contributed by atoms with van der Waals surface area (Å²) in [6.45, 7) is 5.75. The molecule has 4 rings (SSSR count). The quantitative estimate of drug-likeness (QED) is 0.236. The standard InChI is InChI=1S/C26H35NO6S/c28-23-8-7-20(22(23)19-34-25-5-3-4-24-21(25)9-14-32-24)18-31-13-2-1-6-26(29)33-17-12-27-10-15-30-16-11-27/h3-5,9,14,20,22H,1-2,6-8,10-13,15-19H2/t20-,22-/m1/s1. The maximum Gasteiger partial charge on any atom is 0.305 e. The van der Waals surface area contributed by atoms with E-state index in [1.54, 1.807) is 18.0 Å². The van der Waals surface area contributed by atoms with E-state index in [1.807, 2.05) is 18.2 Å². The number of carbonyl (C=O) groups is 2. The molecule has 1 saturated carbocycles. The van der Waals surface area contributed by atoms with Gasteiger partial charge in [0.05, 0.1) is 26.1 Å². The van der Waals surface area contributed by atoms with Crippen molar-refractivity contribution in [3.05, 3.63) is 30.5 Å². The summed E-state index contributed by atoms with van der Waals surface area (Å²) >= 11 is 1.73. The molecule has 2 heterocycles. The average molecular weight is 490 g/mol. The van der Waals surface area contributed by atoms with E-state index in [0.29, 0.717) is 38.4 Å². The summed E-state index contributed by atoms with van der Waals surface area (Å²) in [6, 6.07) is 8.02. The molecule has 186 valence electrons. The molecule has 0 unspecified atom stereocenters. The molecule has 0 spiro atoms. The van der Waals surface area contributed by atoms with Gasteiger partial charge < -0.3 is 18.6 Å². The maximum atomic E-state index is 12.5. The number of fused-ring (bicyclic) bond motifs is 1. The molecule has 7 nitrogen and oxygen atoms in total. The van der Waals surface area contributed by atoms with Crippen LogP contribution >= 0.6 is 11.8 Å². The van der Waals surface area contributed by atoms with Gasteiger partial charge in [-0.1, -0.05) is 6.07 Å². The van der Waals surface area contributed by atoms with Crippen LogP contribution in [0.3, 0.4) is 0 Å². The smallest absolute Gasteiger partial charge is 0.305 e. The molecule has 0 amide bonds. The number of ketones is 1. The van der Waals surface area contributed by atoms with Crippen molar-refractivity contribution in [1.82, 2.24) is 4.90 Å². The Morgan fingerprint density at radius 2 is 2.03 bits per heavy atom. The first-order valence-electron chi connectivity index (χ1n) is 12.4. The van der Waals surface area contributed by atoms with Crippen LogP contribution in [0.25, 0.3) is 11.0 Å². The van der Waals surface area contributed by atoms with Gasteiger partial charge in [-0.05, 0) is 43.4 Å². The lowest BCUT2D eigenvalue weighted by Crippen LogP contribution is -2.38. The number of carbonyl (C=O) groups excluding carboxylic acids is 2. The maximum absolute atomic E-state index is 12.5. The second kappa shape index (κ2) is 13.3. The zero-order chi connectivity index (χ0) is 23.6. The molecule has 2 aliphatic rings. The molecule has 1 aliphatic carbocycles. The van der Waals surface area contributed by atoms with Crippen LogP contribution in [0.5, 0.6) is 0 Å². The third-order valence-corrected chi connectivity index (χ3v) is 7.84. The van der Waals surface area contributed by atoms with Crippen LogP contribution < -0.4 is 0 Å². The fourth-order valence-corrected chi connectivity index (χ4v) is 5.89. The number of thioether (sulfide) groups is 1. The number of ether oxygens (including phenoxy) is 3. The molecule has 1 aromatic heterocycles. The molecule has 2 aromatic rings. The van der Waals surface area contributed by atoms with E-state index in [-0.39, 0.29) is 17.8 Å². The molecule has 0 bridgehead atoms. The van der Waals surface area contributed by atoms with Gasteiger partial charge in [0.1, 0.15) is 18.0 Å². The summed E-state index contributed by atoms with van der Waals surface area (Å²) < 4.78 is 22.0. The number of morpholine rings is 1. The number of esters is 1. The molecule has 34 heavy (non-hydrogen) atoms. The number of rotatable bonds is 13. The molecule has 1 aliphatic heterocycles. The van der Waals surface area contributed by atoms with E-state index in [1.165, 1.54) is 0 Å². The van der Waals surface area contributed by atoms with Gasteiger partial charge in [0.25, 0.3) is 0 Å². The lowest BCUT2D eigenvalue weighted by atomic mass is 9.98. The van der Waals surface area contributed by atoms with Crippen molar-refractivity contribution in [1.29, 1.82) is 0 Å². The minimum absolute atomic E-state index is 0.0357. The predicted molar refractivity (Wildman–Crippen MR) is 131 cm³/mol. The summed E-state index contributed by atoms with van der Waals surface area (Å²) in [7, 11) is 0. The van der Waals surface area contributed by atoms with Crippen molar-refractivity contribution in [2.24, 2.45) is 11.8 Å². The van der Waals surface area contributed by atoms with E-state index in [9.17, 15) is 9.59 Å². The van der Waals surface area contributed by atoms with E-state index in [2.05, 4.69) is 11.0 Å². The Hall–Kier alpha value is -1.87. The second-order valence-electron chi connectivity index (χ2n) is 8.98. The van der Waals surface area contributed by atoms with Crippen LogP contribution in [-0.2, 0) is 23.8 Å². The highest BCUT2D eigenvalue weighted by atomic mass is 32.2. The van der Waals surface area contributed by atoms with Gasteiger partial charge in [-0.2, -0.15) is 0 Å². The minimum atomic E-state index is -0.139. The number of Topliss-reactive ketones (excluding diaryl/α,β-unsaturated/α-hetero) is 1. The van der Waals surface area contributed by atoms with Crippen LogP contribution in [0.1, 0.15) is 32.1 Å². The summed E-state index contributed by atoms with van der Waals surface area (Å²) in [6.07, 6.45) is 5.25. The van der Waals surface area contributed by atoms with Crippen molar-refractivity contribution in [3.63, 3.8) is 0 Å². The minimum Gasteiger partial charge on any atom is -0.464 e. The van der Waals surface area contributed by atoms with Crippen LogP contribution in [0.15, 0.2) is 39.8 Å². The van der Waals surface area contributed by atoms with Gasteiger partial charge in [0.2, 0.25) is 0 Å². The second-order valence-corrected chi connectivity index (χ2v) is 10.0. The average Bonchev–Trinajstić information content (AvgIpc) is 3.47. The van der Waals surface area contributed by atoms with Gasteiger partial charge >= 0.3 is 5.97 Å². The Bertz CT molecular complexity index is 925. The topological polar surface area (TPSA) is 78.2 Å². The van der Waals surface area contributed by atoms with Crippen LogP contribution in [0.4, 0.5) is 0 Å². The first-order chi connectivity index (χ1) is 16.7. The van der Waals surface area contributed by atoms with E-state index in [0.717, 1.165) is 73.7 Å². The van der Waals surface area contributed by atoms with E-state index < -0.39 is 0 Å². The van der Waals surface area contributed by atoms with E-state index >= 15 is 0 Å². The number of hydrogen-bond donors (Lipinski definition) is 0. The lowest BCUT2D eigenvalue weighted by Gasteiger charge is -2.26. The Kier molecular flexibility index (Phi) is 9.85. The molecule has 8 heteroatoms. The molecule has 0 N–H and O–H groups in total. The highest BCUT2D eigenvalue weighted by molar-refractivity contribution is 7.99. The Morgan fingerprint density at radius 1 is 1.15 bits per heavy atom. The molecule has 2 atom stereocenters. The van der Waals surface area contributed by atoms with Crippen LogP contribution in [0.2, 0.25) is 0 Å². The summed E-state index contributed by atoms with van der Waals surface area (Å²) in [5.41, 5.74) is 0.878. The van der Waals surface area contributed by atoms with Gasteiger partial charge in [0.15, 0.2) is 0 Å². The molecule has 1 saturated heterocycles. The Balaban J connectivity index is 1.08. The van der Waals surface area contributed by atoms with Crippen molar-refractivity contribution >= 4 is 34.5 Å². The molecule has 1 aromatic carbocycles. The fourth-order valence-electron chi connectivity index (χ4n) is 4.57. The lowest BCUT2D eigenvalue weighted by molar-refractivity contribution is -0.144. The normalized spacial score (nSPS) is 21.4. The highest BCUT2D eigenvalue weighted by Gasteiger charge is 2.34. The third kappa shape index (κ3) is 7.31. The van der Waals surface area contributed by atoms with Gasteiger partial charge in [-0.15, -0.1) is 11.8 Å². The predicted octanol–water partition coefficient (Wildman–Crippen LogP) is 4.18. The van der Waals surface area contributed by atoms with Gasteiger partial charge in [-0.25, -0.2) is 0 Å². The zero-order valence-corrected chi connectivity index (χ0v) is 20.6. The zero-order valence-electron chi connectivity index (χ0n) is 19.7. The van der Waals surface area contributed by atoms with Crippen LogP contribution in [0, 0.1) is 11.8 Å². The van der Waals surface area contributed by atoms with Crippen molar-refractivity contribution < 1.29 is 28.2 Å². The number of furan rings is 1. The monoisotopic (exact) mass is 489 g/mol. The molecular formula is C26H35NO6S. The van der Waals surface area contributed by atoms with Gasteiger partial charge in [0, 0.05) is 61.0 Å². The van der Waals surface area contributed by atoms with Crippen LogP contribution in [-0.4, -0.2) is 75.1 Å². The molecule has 0 radical (unpaired) electrons. The summed E-state index contributed by atoms with van der Waals surface area (Å²) in [5.74, 6) is 1.29. The van der Waals surface area contributed by atoms with Crippen molar-refractivity contribution in [2.75, 3.05) is 58.4 Å². The molecular weight excluding hydrogens is 454 g/mol. The number of hydrogen-bond acceptors (Lipinski definition) is 8. The third-order valence-electron chi connectivity index (χ3n) is 6.64. The van der Waals surface area contributed by atoms with E-state index in [4.69, 9.17) is 18.6 Å². The number of nitrogens with zero attached hydrogens (tertiary/aromatic N) is 1. The fraction of sp³-hybridized carbons (Fsp3) is 0.615. The first kappa shape index (κ1) is 25.2. The number of benzene rings is 1. The van der Waals surface area contributed by atoms with Crippen molar-refractivity contribution in [3.8, 4) is 0 Å². The summed E-state index contributed by atoms with van der Waals surface area (Å²) in [5, 5.41) is 1.10. The molecule has 2 fully saturated rings. The SMILES string of the molecule is O=C(CCCCOC[C@H]1CCC(=O)[C@@H]1CSc1cccc2occc12)OCCN1CCOCC1.